The van der Waals surface area contributed by atoms with Gasteiger partial charge in [0, 0.05) is 59.0 Å². The maximum Gasteiger partial charge on any atom is 1.00 e. The zero-order valence-electron chi connectivity index (χ0n) is 28.8. The molecule has 2 aliphatic heterocycles. The van der Waals surface area contributed by atoms with Gasteiger partial charge < -0.3 is 14.0 Å². The molecule has 8 nitrogen and oxygen atoms in total. The van der Waals surface area contributed by atoms with Crippen LogP contribution in [0.1, 0.15) is 72.9 Å². The summed E-state index contributed by atoms with van der Waals surface area (Å²) < 4.78 is 70.6. The van der Waals surface area contributed by atoms with Gasteiger partial charge in [0.05, 0.1) is 25.7 Å². The number of anilines is 1. The van der Waals surface area contributed by atoms with E-state index in [1.165, 1.54) is 5.56 Å². The number of hydrogen-bond acceptors (Lipinski definition) is 7. The fourth-order valence-corrected chi connectivity index (χ4v) is 8.77. The minimum Gasteiger partial charge on any atom is -0.748 e. The molecule has 0 aromatic heterocycles. The smallest absolute Gasteiger partial charge is 0.748 e. The van der Waals surface area contributed by atoms with Crippen LogP contribution in [0.25, 0.3) is 21.5 Å². The van der Waals surface area contributed by atoms with Crippen molar-refractivity contribution < 1.29 is 60.1 Å². The Kier molecular flexibility index (Phi) is 13.4. The standard InChI is InChI=1S/C38H42N2O6S2.2CH4.Na/c1-37(2)33(39(23-9-10-25-47(41,42)43)31-21-19-27-13-5-7-15-29(27)35(31)37)17-11-18-34-38(3,4)36-30-16-8-6-14-28(30)20-22-32(36)40(34)24-12-26-48(44,45)46;;;/h5-8,11,13-22H,9-10,12,23-26H2,1-4H3,(H-,41,42,43,44,45,46);2*1H4;/q;;;+1/p-1. The van der Waals surface area contributed by atoms with E-state index < -0.39 is 31.4 Å². The molecule has 0 unspecified atom stereocenters. The Morgan fingerprint density at radius 1 is 0.706 bits per heavy atom. The maximum absolute atomic E-state index is 11.5. The molecular weight excluding hydrogens is 692 g/mol. The van der Waals surface area contributed by atoms with Crippen molar-refractivity contribution in [3.8, 4) is 0 Å². The van der Waals surface area contributed by atoms with Gasteiger partial charge in [-0.3, -0.25) is 0 Å². The Morgan fingerprint density at radius 2 is 1.25 bits per heavy atom. The molecule has 268 valence electrons. The summed E-state index contributed by atoms with van der Waals surface area (Å²) in [5.74, 6) is -0.823. The number of rotatable bonds is 11. The SMILES string of the molecule is C.C.CC1(C)C(=CC=CC2=[N+](CCCS(=O)(=O)[O-])c3ccc4ccccc4c3C2(C)C)N(CCCCS(=O)(=O)[O-])c2ccc3ccccc3c21.[Na+]. The zero-order valence-corrected chi connectivity index (χ0v) is 32.4. The van der Waals surface area contributed by atoms with E-state index in [1.807, 2.05) is 30.3 Å². The molecule has 6 rings (SSSR count). The molecule has 2 heterocycles. The summed E-state index contributed by atoms with van der Waals surface area (Å²) in [6.45, 7) is 9.68. The van der Waals surface area contributed by atoms with Crippen molar-refractivity contribution in [1.29, 1.82) is 0 Å². The summed E-state index contributed by atoms with van der Waals surface area (Å²) in [5, 5.41) is 4.56. The largest absolute Gasteiger partial charge is 1.00 e. The van der Waals surface area contributed by atoms with Crippen molar-refractivity contribution >= 4 is 58.9 Å². The molecule has 0 atom stereocenters. The summed E-state index contributed by atoms with van der Waals surface area (Å²) in [4.78, 5) is 2.24. The van der Waals surface area contributed by atoms with Gasteiger partial charge >= 0.3 is 29.6 Å². The topological polar surface area (TPSA) is 121 Å². The minimum atomic E-state index is -4.35. The van der Waals surface area contributed by atoms with Crippen LogP contribution in [0.2, 0.25) is 0 Å². The molecule has 0 saturated carbocycles. The molecule has 0 saturated heterocycles. The number of allylic oxidation sites excluding steroid dienone is 4. The first-order valence-corrected chi connectivity index (χ1v) is 19.5. The first-order valence-electron chi connectivity index (χ1n) is 16.3. The second-order valence-electron chi connectivity index (χ2n) is 13.8. The molecule has 0 aliphatic carbocycles. The summed E-state index contributed by atoms with van der Waals surface area (Å²) >= 11 is 0. The molecule has 4 aromatic carbocycles. The molecule has 0 radical (unpaired) electrons. The van der Waals surface area contributed by atoms with E-state index in [4.69, 9.17) is 0 Å². The number of hydrogen-bond donors (Lipinski definition) is 0. The molecule has 0 N–H and O–H groups in total. The average molecular weight is 741 g/mol. The zero-order chi connectivity index (χ0) is 34.5. The third kappa shape index (κ3) is 8.54. The normalized spacial score (nSPS) is 17.0. The van der Waals surface area contributed by atoms with E-state index in [9.17, 15) is 25.9 Å². The summed E-state index contributed by atoms with van der Waals surface area (Å²) in [7, 11) is -8.64. The first kappa shape index (κ1) is 42.6. The third-order valence-corrected chi connectivity index (χ3v) is 11.4. The summed E-state index contributed by atoms with van der Waals surface area (Å²) in [6, 6.07) is 24.9. The fraction of sp³-hybridized carbons (Fsp3) is 0.375. The van der Waals surface area contributed by atoms with Gasteiger partial charge in [-0.05, 0) is 72.0 Å². The van der Waals surface area contributed by atoms with Crippen molar-refractivity contribution in [1.82, 2.24) is 0 Å². The first-order chi connectivity index (χ1) is 22.6. The Bertz CT molecular complexity index is 2240. The Balaban J connectivity index is 0.00000234. The number of nitrogens with zero attached hydrogens (tertiary/aromatic N) is 2. The van der Waals surface area contributed by atoms with Crippen molar-refractivity contribution in [3.05, 3.63) is 108 Å². The molecule has 0 bridgehead atoms. The van der Waals surface area contributed by atoms with E-state index in [1.54, 1.807) is 0 Å². The molecule has 0 fully saturated rings. The van der Waals surface area contributed by atoms with Gasteiger partial charge in [-0.15, -0.1) is 0 Å². The second-order valence-corrected chi connectivity index (χ2v) is 16.8. The Morgan fingerprint density at radius 3 is 1.86 bits per heavy atom. The summed E-state index contributed by atoms with van der Waals surface area (Å²) in [6.07, 6.45) is 7.27. The van der Waals surface area contributed by atoms with Crippen LogP contribution in [-0.2, 0) is 31.1 Å². The van der Waals surface area contributed by atoms with Gasteiger partial charge in [-0.1, -0.05) is 89.4 Å². The van der Waals surface area contributed by atoms with Gasteiger partial charge in [-0.25, -0.2) is 16.8 Å². The van der Waals surface area contributed by atoms with Gasteiger partial charge in [0.2, 0.25) is 5.69 Å². The monoisotopic (exact) mass is 740 g/mol. The Hall–Kier alpha value is -2.83. The molecule has 0 spiro atoms. The second kappa shape index (κ2) is 16.0. The van der Waals surface area contributed by atoms with Gasteiger partial charge in [-0.2, -0.15) is 4.58 Å². The van der Waals surface area contributed by atoms with E-state index >= 15 is 0 Å². The minimum absolute atomic E-state index is 0. The quantitative estimate of drug-likeness (QED) is 0.0904. The van der Waals surface area contributed by atoms with Crippen LogP contribution in [0.15, 0.2) is 96.7 Å². The predicted molar refractivity (Wildman–Crippen MR) is 205 cm³/mol. The number of fused-ring (bicyclic) bond motifs is 6. The Labute approximate surface area is 326 Å². The average Bonchev–Trinajstić information content (AvgIpc) is 3.37. The summed E-state index contributed by atoms with van der Waals surface area (Å²) in [5.41, 5.74) is 5.68. The van der Waals surface area contributed by atoms with Gasteiger partial charge in [0.1, 0.15) is 6.54 Å². The van der Waals surface area contributed by atoms with E-state index in [0.717, 1.165) is 49.9 Å². The van der Waals surface area contributed by atoms with Crippen LogP contribution in [0.3, 0.4) is 0 Å². The van der Waals surface area contributed by atoms with Crippen molar-refractivity contribution in [3.63, 3.8) is 0 Å². The van der Waals surface area contributed by atoms with Gasteiger partial charge in [0.15, 0.2) is 5.71 Å². The molecule has 4 aromatic rings. The molecule has 11 heteroatoms. The van der Waals surface area contributed by atoms with Crippen molar-refractivity contribution in [2.75, 3.05) is 29.5 Å². The van der Waals surface area contributed by atoms with Crippen LogP contribution in [0, 0.1) is 0 Å². The van der Waals surface area contributed by atoms with Gasteiger partial charge in [0.25, 0.3) is 0 Å². The predicted octanol–water partition coefficient (Wildman–Crippen LogP) is 5.14. The van der Waals surface area contributed by atoms with Crippen LogP contribution in [-0.4, -0.2) is 60.8 Å². The number of unbranched alkanes of at least 4 members (excludes halogenated alkanes) is 1. The van der Waals surface area contributed by atoms with Crippen molar-refractivity contribution in [2.45, 2.75) is 72.6 Å². The molecular formula is C40H49N2NaO6S2. The van der Waals surface area contributed by atoms with Crippen LogP contribution in [0.4, 0.5) is 11.4 Å². The molecule has 51 heavy (non-hydrogen) atoms. The maximum atomic E-state index is 11.5. The van der Waals surface area contributed by atoms with Crippen LogP contribution in [0.5, 0.6) is 0 Å². The van der Waals surface area contributed by atoms with E-state index in [2.05, 4.69) is 97.9 Å². The third-order valence-electron chi connectivity index (χ3n) is 9.82. The number of benzene rings is 4. The van der Waals surface area contributed by atoms with Crippen LogP contribution >= 0.6 is 0 Å². The fourth-order valence-electron chi connectivity index (χ4n) is 7.73. The van der Waals surface area contributed by atoms with Crippen molar-refractivity contribution in [2.24, 2.45) is 0 Å². The molecule has 2 aliphatic rings. The van der Waals surface area contributed by atoms with E-state index in [0.29, 0.717) is 19.5 Å². The van der Waals surface area contributed by atoms with E-state index in [-0.39, 0.29) is 68.4 Å². The molecule has 0 amide bonds. The van der Waals surface area contributed by atoms with Crippen LogP contribution < -0.4 is 34.5 Å².